The molecule has 0 saturated heterocycles. The van der Waals surface area contributed by atoms with Crippen LogP contribution in [0, 0.1) is 0 Å². The van der Waals surface area contributed by atoms with E-state index in [1.165, 1.54) is 5.56 Å². The summed E-state index contributed by atoms with van der Waals surface area (Å²) in [6.07, 6.45) is 0.833. The van der Waals surface area contributed by atoms with Gasteiger partial charge in [-0.15, -0.1) is 0 Å². The summed E-state index contributed by atoms with van der Waals surface area (Å²) in [6, 6.07) is 5.81. The molecule has 112 valence electrons. The first-order valence-electron chi connectivity index (χ1n) is 6.59. The van der Waals surface area contributed by atoms with Gasteiger partial charge in [0, 0.05) is 11.6 Å². The van der Waals surface area contributed by atoms with Crippen molar-refractivity contribution in [2.75, 3.05) is 0 Å². The second-order valence-electron chi connectivity index (χ2n) is 6.74. The maximum absolute atomic E-state index is 9.99. The molecule has 0 spiro atoms. The van der Waals surface area contributed by atoms with E-state index in [9.17, 15) is 9.90 Å². The number of hydrogen-bond donors (Lipinski definition) is 2. The van der Waals surface area contributed by atoms with E-state index < -0.39 is 5.97 Å². The second-order valence-corrected chi connectivity index (χ2v) is 6.74. The van der Waals surface area contributed by atoms with Gasteiger partial charge < -0.3 is 10.2 Å². The number of hydrogen-bond acceptors (Lipinski definition) is 2. The van der Waals surface area contributed by atoms with Crippen molar-refractivity contribution in [1.29, 1.82) is 0 Å². The van der Waals surface area contributed by atoms with Crippen molar-refractivity contribution in [2.24, 2.45) is 0 Å². The van der Waals surface area contributed by atoms with E-state index in [1.807, 2.05) is 6.07 Å². The lowest BCUT2D eigenvalue weighted by Crippen LogP contribution is -2.21. The summed E-state index contributed by atoms with van der Waals surface area (Å²) in [5.74, 6) is -0.570. The summed E-state index contributed by atoms with van der Waals surface area (Å²) in [4.78, 5) is 9.25. The van der Waals surface area contributed by atoms with E-state index in [4.69, 9.17) is 5.11 Å². The summed E-state index contributed by atoms with van der Waals surface area (Å²) in [5, 5.41) is 17.6. The normalized spacial score (nSPS) is 11.3. The van der Waals surface area contributed by atoms with Crippen molar-refractivity contribution < 1.29 is 15.0 Å². The predicted octanol–water partition coefficient (Wildman–Crippen LogP) is 4.24. The van der Waals surface area contributed by atoms with E-state index in [0.29, 0.717) is 5.75 Å². The van der Waals surface area contributed by atoms with Gasteiger partial charge >= 0.3 is 5.97 Å². The SMILES string of the molecule is C=CC(=O)O.CC(C)(C)c1cccc(O)c1C(C)(C)C. The zero-order chi connectivity index (χ0) is 16.1. The van der Waals surface area contributed by atoms with Crippen LogP contribution in [0.25, 0.3) is 0 Å². The molecule has 0 aromatic heterocycles. The van der Waals surface area contributed by atoms with Crippen molar-refractivity contribution in [2.45, 2.75) is 52.4 Å². The molecule has 0 aliphatic carbocycles. The lowest BCUT2D eigenvalue weighted by molar-refractivity contribution is -0.131. The Labute approximate surface area is 122 Å². The van der Waals surface area contributed by atoms with Crippen molar-refractivity contribution in [3.63, 3.8) is 0 Å². The van der Waals surface area contributed by atoms with Crippen LogP contribution in [0.5, 0.6) is 5.75 Å². The molecule has 0 saturated carbocycles. The van der Waals surface area contributed by atoms with Crippen LogP contribution in [-0.4, -0.2) is 16.2 Å². The lowest BCUT2D eigenvalue weighted by atomic mass is 9.75. The topological polar surface area (TPSA) is 57.5 Å². The minimum atomic E-state index is -0.981. The summed E-state index contributed by atoms with van der Waals surface area (Å²) >= 11 is 0. The Morgan fingerprint density at radius 2 is 1.55 bits per heavy atom. The Morgan fingerprint density at radius 1 is 1.10 bits per heavy atom. The molecule has 0 bridgehead atoms. The Hall–Kier alpha value is -1.77. The first-order valence-corrected chi connectivity index (χ1v) is 6.59. The number of aliphatic carboxylic acids is 1. The Kier molecular flexibility index (Phi) is 6.01. The molecule has 0 heterocycles. The van der Waals surface area contributed by atoms with E-state index in [2.05, 4.69) is 54.2 Å². The second kappa shape index (κ2) is 6.60. The third-order valence-electron chi connectivity index (χ3n) is 2.78. The van der Waals surface area contributed by atoms with Crippen LogP contribution < -0.4 is 0 Å². The van der Waals surface area contributed by atoms with Gasteiger partial charge in [-0.2, -0.15) is 0 Å². The third-order valence-corrected chi connectivity index (χ3v) is 2.78. The zero-order valence-corrected chi connectivity index (χ0v) is 13.3. The van der Waals surface area contributed by atoms with E-state index in [1.54, 1.807) is 6.07 Å². The molecular weight excluding hydrogens is 252 g/mol. The van der Waals surface area contributed by atoms with Gasteiger partial charge in [0.2, 0.25) is 0 Å². The molecule has 1 rings (SSSR count). The lowest BCUT2D eigenvalue weighted by Gasteiger charge is -2.30. The van der Waals surface area contributed by atoms with Crippen LogP contribution in [0.1, 0.15) is 52.7 Å². The standard InChI is InChI=1S/C14H22O.C3H4O2/c1-13(2,3)10-8-7-9-11(15)12(10)14(4,5)6;1-2-3(4)5/h7-9,15H,1-6H3;2H,1H2,(H,4,5). The number of carbonyl (C=O) groups is 1. The smallest absolute Gasteiger partial charge is 0.327 e. The average Bonchev–Trinajstić information content (AvgIpc) is 2.26. The van der Waals surface area contributed by atoms with E-state index >= 15 is 0 Å². The monoisotopic (exact) mass is 278 g/mol. The fraction of sp³-hybridized carbons (Fsp3) is 0.471. The molecule has 3 heteroatoms. The quantitative estimate of drug-likeness (QED) is 0.755. The number of rotatable bonds is 1. The maximum atomic E-state index is 9.99. The van der Waals surface area contributed by atoms with E-state index in [-0.39, 0.29) is 10.8 Å². The summed E-state index contributed by atoms with van der Waals surface area (Å²) in [7, 11) is 0. The van der Waals surface area contributed by atoms with Gasteiger partial charge in [-0.05, 0) is 22.5 Å². The maximum Gasteiger partial charge on any atom is 0.327 e. The molecule has 0 fully saturated rings. The minimum Gasteiger partial charge on any atom is -0.508 e. The summed E-state index contributed by atoms with van der Waals surface area (Å²) in [6.45, 7) is 15.9. The molecule has 3 nitrogen and oxygen atoms in total. The fourth-order valence-electron chi connectivity index (χ4n) is 1.95. The van der Waals surface area contributed by atoms with Gasteiger partial charge in [-0.1, -0.05) is 60.3 Å². The molecule has 20 heavy (non-hydrogen) atoms. The van der Waals surface area contributed by atoms with Crippen LogP contribution in [-0.2, 0) is 15.6 Å². The molecule has 1 aromatic rings. The highest BCUT2D eigenvalue weighted by Crippen LogP contribution is 2.38. The first-order chi connectivity index (χ1) is 8.91. The largest absolute Gasteiger partial charge is 0.508 e. The Balaban J connectivity index is 0.000000621. The van der Waals surface area contributed by atoms with Crippen LogP contribution in [0.15, 0.2) is 30.9 Å². The summed E-state index contributed by atoms with van der Waals surface area (Å²) in [5.41, 5.74) is 2.35. The van der Waals surface area contributed by atoms with Crippen molar-refractivity contribution in [3.8, 4) is 5.75 Å². The molecule has 1 aromatic carbocycles. The number of carboxylic acid groups (broad SMARTS) is 1. The highest BCUT2D eigenvalue weighted by molar-refractivity contribution is 5.78. The molecule has 0 aliphatic rings. The van der Waals surface area contributed by atoms with Crippen molar-refractivity contribution in [1.82, 2.24) is 0 Å². The predicted molar refractivity (Wildman–Crippen MR) is 83.3 cm³/mol. The summed E-state index contributed by atoms with van der Waals surface area (Å²) < 4.78 is 0. The van der Waals surface area contributed by atoms with Crippen LogP contribution in [0.3, 0.4) is 0 Å². The number of aromatic hydroxyl groups is 1. The van der Waals surface area contributed by atoms with E-state index in [0.717, 1.165) is 11.6 Å². The number of benzene rings is 1. The minimum absolute atomic E-state index is 0.0199. The number of phenols is 1. The van der Waals surface area contributed by atoms with Crippen LogP contribution in [0.4, 0.5) is 0 Å². The molecule has 0 aliphatic heterocycles. The molecular formula is C17H26O3. The van der Waals surface area contributed by atoms with Gasteiger partial charge in [0.05, 0.1) is 0 Å². The molecule has 0 radical (unpaired) electrons. The Morgan fingerprint density at radius 3 is 1.80 bits per heavy atom. The third kappa shape index (κ3) is 5.47. The molecule has 2 N–H and O–H groups in total. The molecule has 0 atom stereocenters. The number of phenolic OH excluding ortho intramolecular Hbond substituents is 1. The average molecular weight is 278 g/mol. The first kappa shape index (κ1) is 18.2. The van der Waals surface area contributed by atoms with Crippen molar-refractivity contribution in [3.05, 3.63) is 42.0 Å². The Bertz CT molecular complexity index is 474. The van der Waals surface area contributed by atoms with Gasteiger partial charge in [0.25, 0.3) is 0 Å². The fourth-order valence-corrected chi connectivity index (χ4v) is 1.95. The van der Waals surface area contributed by atoms with Crippen molar-refractivity contribution >= 4 is 5.97 Å². The van der Waals surface area contributed by atoms with Gasteiger partial charge in [0.15, 0.2) is 0 Å². The number of carboxylic acids is 1. The van der Waals surface area contributed by atoms with Crippen LogP contribution in [0.2, 0.25) is 0 Å². The highest BCUT2D eigenvalue weighted by atomic mass is 16.4. The van der Waals surface area contributed by atoms with Gasteiger partial charge in [0.1, 0.15) is 5.75 Å². The van der Waals surface area contributed by atoms with Crippen LogP contribution >= 0.6 is 0 Å². The van der Waals surface area contributed by atoms with Gasteiger partial charge in [-0.25, -0.2) is 4.79 Å². The zero-order valence-electron chi connectivity index (χ0n) is 13.3. The van der Waals surface area contributed by atoms with Gasteiger partial charge in [-0.3, -0.25) is 0 Å². The molecule has 0 unspecified atom stereocenters. The molecule has 0 amide bonds. The highest BCUT2D eigenvalue weighted by Gasteiger charge is 2.27.